The third-order valence-corrected chi connectivity index (χ3v) is 6.78. The summed E-state index contributed by atoms with van der Waals surface area (Å²) >= 11 is 0. The summed E-state index contributed by atoms with van der Waals surface area (Å²) in [6, 6.07) is 17.9. The largest absolute Gasteiger partial charge is 0.453 e. The van der Waals surface area contributed by atoms with E-state index in [1.165, 1.54) is 19.1 Å². The Bertz CT molecular complexity index is 1220. The van der Waals surface area contributed by atoms with Gasteiger partial charge >= 0.3 is 11.9 Å². The normalized spacial score (nSPS) is 33.5. The quantitative estimate of drug-likeness (QED) is 0.199. The molecule has 2 aromatic carbocycles. The maximum absolute atomic E-state index is 12.4. The van der Waals surface area contributed by atoms with Gasteiger partial charge in [-0.2, -0.15) is 0 Å². The van der Waals surface area contributed by atoms with Gasteiger partial charge in [-0.05, 0) is 30.2 Å². The average molecular weight is 587 g/mol. The zero-order valence-electron chi connectivity index (χ0n) is 22.7. The first-order chi connectivity index (χ1) is 20.1. The molecule has 42 heavy (non-hydrogen) atoms. The molecule has 10 atom stereocenters. The second kappa shape index (κ2) is 14.6. The molecule has 0 unspecified atom stereocenters. The average Bonchev–Trinajstić information content (AvgIpc) is 3.00. The van der Waals surface area contributed by atoms with E-state index in [1.807, 2.05) is 12.1 Å². The molecule has 0 saturated carbocycles. The van der Waals surface area contributed by atoms with E-state index in [0.29, 0.717) is 0 Å². The minimum absolute atomic E-state index is 0.502. The van der Waals surface area contributed by atoms with Gasteiger partial charge in [0.1, 0.15) is 36.6 Å². The first-order valence-electron chi connectivity index (χ1n) is 13.3. The number of hydrogen-bond donors (Lipinski definition) is 5. The van der Waals surface area contributed by atoms with Crippen LogP contribution in [0.3, 0.4) is 0 Å². The molecule has 2 aliphatic rings. The summed E-state index contributed by atoms with van der Waals surface area (Å²) in [5.74, 6) is -1.69. The van der Waals surface area contributed by atoms with E-state index in [1.54, 1.807) is 48.5 Å². The number of hydrogen-bond acceptors (Lipinski definition) is 12. The molecule has 2 aromatic rings. The van der Waals surface area contributed by atoms with Crippen molar-refractivity contribution in [2.45, 2.75) is 68.3 Å². The number of ether oxygens (including phenoxy) is 5. The molecule has 0 aromatic heterocycles. The van der Waals surface area contributed by atoms with Gasteiger partial charge in [0.05, 0.1) is 12.7 Å². The van der Waals surface area contributed by atoms with Crippen molar-refractivity contribution in [3.05, 3.63) is 83.9 Å². The summed E-state index contributed by atoms with van der Waals surface area (Å²) < 4.78 is 27.0. The highest BCUT2D eigenvalue weighted by Gasteiger charge is 2.48. The van der Waals surface area contributed by atoms with Crippen LogP contribution in [0.1, 0.15) is 18.1 Å². The highest BCUT2D eigenvalue weighted by Crippen LogP contribution is 2.27. The molecule has 2 fully saturated rings. The number of rotatable bonds is 9. The minimum Gasteiger partial charge on any atom is -0.453 e. The fourth-order valence-electron chi connectivity index (χ4n) is 4.40. The third kappa shape index (κ3) is 8.09. The number of aliphatic hydroxyl groups is 5. The van der Waals surface area contributed by atoms with Crippen LogP contribution in [-0.2, 0) is 33.3 Å². The lowest BCUT2D eigenvalue weighted by molar-refractivity contribution is -0.323. The second-order valence-electron chi connectivity index (χ2n) is 9.87. The van der Waals surface area contributed by atoms with Crippen molar-refractivity contribution in [2.24, 2.45) is 0 Å². The monoisotopic (exact) mass is 586 g/mol. The molecule has 0 bridgehead atoms. The molecule has 0 radical (unpaired) electrons. The summed E-state index contributed by atoms with van der Waals surface area (Å²) in [6.07, 6.45) is -9.68. The third-order valence-electron chi connectivity index (χ3n) is 6.78. The Kier molecular flexibility index (Phi) is 11.0. The molecule has 2 aliphatic heterocycles. The SMILES string of the molecule is C[C@@H]1O[C@@H](OC[C@H]2O[C@@H](OC(=O)/C=C/c3ccccc3)[C@H](O)[C@@H](O)[C@@H]2O)[C@H](O)[C@H](OC(=O)/C=C\c2ccccc2)[C@H]1O. The number of aliphatic hydroxyl groups excluding tert-OH is 5. The maximum Gasteiger partial charge on any atom is 0.333 e. The Morgan fingerprint density at radius 1 is 0.690 bits per heavy atom. The van der Waals surface area contributed by atoms with E-state index in [2.05, 4.69) is 0 Å². The highest BCUT2D eigenvalue weighted by molar-refractivity contribution is 5.87. The van der Waals surface area contributed by atoms with Crippen molar-refractivity contribution >= 4 is 24.1 Å². The molecule has 0 aliphatic carbocycles. The first kappa shape index (κ1) is 31.5. The van der Waals surface area contributed by atoms with Crippen molar-refractivity contribution in [3.8, 4) is 0 Å². The predicted molar refractivity (Wildman–Crippen MR) is 146 cm³/mol. The summed E-state index contributed by atoms with van der Waals surface area (Å²) in [4.78, 5) is 24.7. The van der Waals surface area contributed by atoms with Gasteiger partial charge in [-0.1, -0.05) is 60.7 Å². The molecule has 0 amide bonds. The van der Waals surface area contributed by atoms with Gasteiger partial charge < -0.3 is 49.2 Å². The minimum atomic E-state index is -1.76. The van der Waals surface area contributed by atoms with Crippen molar-refractivity contribution < 1.29 is 58.8 Å². The van der Waals surface area contributed by atoms with Crippen LogP contribution in [0.2, 0.25) is 0 Å². The van der Waals surface area contributed by atoms with E-state index in [9.17, 15) is 35.1 Å². The van der Waals surface area contributed by atoms with Crippen LogP contribution in [-0.4, -0.2) is 105 Å². The van der Waals surface area contributed by atoms with Gasteiger partial charge in [-0.25, -0.2) is 9.59 Å². The van der Waals surface area contributed by atoms with E-state index >= 15 is 0 Å². The molecule has 2 saturated heterocycles. The Labute approximate surface area is 242 Å². The van der Waals surface area contributed by atoms with E-state index in [0.717, 1.165) is 23.3 Å². The number of carbonyl (C=O) groups excluding carboxylic acids is 2. The van der Waals surface area contributed by atoms with Crippen LogP contribution < -0.4 is 0 Å². The molecular formula is C30H34O12. The molecule has 226 valence electrons. The van der Waals surface area contributed by atoms with Crippen LogP contribution >= 0.6 is 0 Å². The zero-order chi connectivity index (χ0) is 30.2. The van der Waals surface area contributed by atoms with Crippen LogP contribution in [0, 0.1) is 0 Å². The van der Waals surface area contributed by atoms with E-state index < -0.39 is 80.0 Å². The van der Waals surface area contributed by atoms with Crippen LogP contribution in [0.25, 0.3) is 12.2 Å². The van der Waals surface area contributed by atoms with Crippen LogP contribution in [0.4, 0.5) is 0 Å². The maximum atomic E-state index is 12.4. The standard InChI is InChI=1S/C30H34O12/c1-17-23(33)28(41-21(31)14-12-18-8-4-2-5-9-18)27(37)29(39-17)38-16-20-24(34)25(35)26(36)30(40-20)42-22(32)15-13-19-10-6-3-7-11-19/h2-15,17,20,23-30,33-37H,16H2,1H3/b14-12-,15-13+/t17-,20+,23-,24+,25-,26+,27+,28+,29+,30-/m0/s1. The lowest BCUT2D eigenvalue weighted by atomic mass is 9.98. The fraction of sp³-hybridized carbons (Fsp3) is 0.400. The number of carbonyl (C=O) groups is 2. The van der Waals surface area contributed by atoms with Crippen molar-refractivity contribution in [1.82, 2.24) is 0 Å². The van der Waals surface area contributed by atoms with Crippen molar-refractivity contribution in [2.75, 3.05) is 6.61 Å². The highest BCUT2D eigenvalue weighted by atomic mass is 16.7. The lowest BCUT2D eigenvalue weighted by Crippen LogP contribution is -2.61. The van der Waals surface area contributed by atoms with Gasteiger partial charge in [-0.3, -0.25) is 0 Å². The van der Waals surface area contributed by atoms with Crippen molar-refractivity contribution in [1.29, 1.82) is 0 Å². The summed E-state index contributed by atoms with van der Waals surface area (Å²) in [7, 11) is 0. The number of esters is 2. The number of benzene rings is 2. The fourth-order valence-corrected chi connectivity index (χ4v) is 4.40. The molecular weight excluding hydrogens is 552 g/mol. The van der Waals surface area contributed by atoms with Crippen LogP contribution in [0.15, 0.2) is 72.8 Å². The smallest absolute Gasteiger partial charge is 0.333 e. The van der Waals surface area contributed by atoms with Gasteiger partial charge in [0.15, 0.2) is 12.4 Å². The first-order valence-corrected chi connectivity index (χ1v) is 13.3. The summed E-state index contributed by atoms with van der Waals surface area (Å²) in [5, 5.41) is 52.3. The Morgan fingerprint density at radius 2 is 1.24 bits per heavy atom. The molecule has 4 rings (SSSR count). The molecule has 0 spiro atoms. The summed E-state index contributed by atoms with van der Waals surface area (Å²) in [5.41, 5.74) is 1.47. The van der Waals surface area contributed by atoms with Gasteiger partial charge in [0.2, 0.25) is 6.29 Å². The van der Waals surface area contributed by atoms with Gasteiger partial charge in [0, 0.05) is 12.2 Å². The Morgan fingerprint density at radius 3 is 1.81 bits per heavy atom. The van der Waals surface area contributed by atoms with Crippen molar-refractivity contribution in [3.63, 3.8) is 0 Å². The zero-order valence-corrected chi connectivity index (χ0v) is 22.7. The second-order valence-corrected chi connectivity index (χ2v) is 9.87. The predicted octanol–water partition coefficient (Wildman–Crippen LogP) is 0.159. The molecule has 12 nitrogen and oxygen atoms in total. The Balaban J connectivity index is 1.35. The molecule has 5 N–H and O–H groups in total. The lowest BCUT2D eigenvalue weighted by Gasteiger charge is -2.42. The molecule has 12 heteroatoms. The van der Waals surface area contributed by atoms with Gasteiger partial charge in [0.25, 0.3) is 0 Å². The van der Waals surface area contributed by atoms with E-state index in [-0.39, 0.29) is 0 Å². The Hall–Kier alpha value is -3.46. The van der Waals surface area contributed by atoms with E-state index in [4.69, 9.17) is 23.7 Å². The van der Waals surface area contributed by atoms with Gasteiger partial charge in [-0.15, -0.1) is 0 Å². The molecule has 2 heterocycles. The summed E-state index contributed by atoms with van der Waals surface area (Å²) in [6.45, 7) is 0.982. The topological polar surface area (TPSA) is 181 Å². The van der Waals surface area contributed by atoms with Crippen LogP contribution in [0.5, 0.6) is 0 Å².